The fourth-order valence-corrected chi connectivity index (χ4v) is 2.90. The second kappa shape index (κ2) is 4.98. The Bertz CT molecular complexity index is 659. The van der Waals surface area contributed by atoms with Crippen LogP contribution in [0.1, 0.15) is 25.6 Å². The van der Waals surface area contributed by atoms with Gasteiger partial charge in [0, 0.05) is 26.2 Å². The van der Waals surface area contributed by atoms with E-state index in [9.17, 15) is 0 Å². The van der Waals surface area contributed by atoms with Crippen molar-refractivity contribution in [1.82, 2.24) is 9.78 Å². The van der Waals surface area contributed by atoms with Crippen molar-refractivity contribution >= 4 is 22.9 Å². The van der Waals surface area contributed by atoms with E-state index in [2.05, 4.69) is 60.1 Å². The molecule has 0 amide bonds. The van der Waals surface area contributed by atoms with E-state index in [1.807, 2.05) is 11.6 Å². The molecule has 0 unspecified atom stereocenters. The lowest BCUT2D eigenvalue weighted by Crippen LogP contribution is -2.37. The second-order valence-electron chi connectivity index (χ2n) is 5.92. The fourth-order valence-electron chi connectivity index (χ4n) is 2.90. The molecule has 0 aliphatic carbocycles. The zero-order chi connectivity index (χ0) is 15.1. The third-order valence-corrected chi connectivity index (χ3v) is 4.09. The maximum absolute atomic E-state index is 6.33. The van der Waals surface area contributed by atoms with Gasteiger partial charge in [-0.3, -0.25) is 0 Å². The molecule has 0 fully saturated rings. The maximum Gasteiger partial charge on any atom is 0.155 e. The molecule has 0 saturated carbocycles. The van der Waals surface area contributed by atoms with E-state index in [1.165, 1.54) is 11.4 Å². The number of aromatic nitrogens is 2. The molecule has 0 radical (unpaired) electrons. The molecule has 2 heterocycles. The number of nitrogen functional groups attached to an aromatic ring is 1. The van der Waals surface area contributed by atoms with Crippen molar-refractivity contribution < 1.29 is 0 Å². The monoisotopic (exact) mass is 285 g/mol. The summed E-state index contributed by atoms with van der Waals surface area (Å²) in [5, 5.41) is 4.61. The lowest BCUT2D eigenvalue weighted by atomic mass is 10.1. The highest BCUT2D eigenvalue weighted by Gasteiger charge is 2.27. The molecule has 21 heavy (non-hydrogen) atoms. The Balaban J connectivity index is 2.16. The lowest BCUT2D eigenvalue weighted by molar-refractivity contribution is 0.527. The summed E-state index contributed by atoms with van der Waals surface area (Å²) < 4.78 is 2.03. The first kappa shape index (κ1) is 13.8. The summed E-state index contributed by atoms with van der Waals surface area (Å²) >= 11 is 0. The number of fused-ring (bicyclic) bond motifs is 1. The SMILES string of the molecule is Cc1nn(C(C)C)c(N2CCN(C)c3ccccc32)c1N. The quantitative estimate of drug-likeness (QED) is 0.921. The summed E-state index contributed by atoms with van der Waals surface area (Å²) in [6.45, 7) is 8.13. The number of nitrogens with zero attached hydrogens (tertiary/aromatic N) is 4. The number of benzene rings is 1. The van der Waals surface area contributed by atoms with Crippen LogP contribution in [0.3, 0.4) is 0 Å². The summed E-state index contributed by atoms with van der Waals surface area (Å²) in [6, 6.07) is 8.73. The van der Waals surface area contributed by atoms with Crippen LogP contribution in [0.4, 0.5) is 22.9 Å². The van der Waals surface area contributed by atoms with E-state index < -0.39 is 0 Å². The molecule has 0 saturated heterocycles. The number of rotatable bonds is 2. The summed E-state index contributed by atoms with van der Waals surface area (Å²) in [4.78, 5) is 4.58. The average molecular weight is 285 g/mol. The number of anilines is 4. The normalized spacial score (nSPS) is 14.7. The highest BCUT2D eigenvalue weighted by Crippen LogP contribution is 2.40. The molecule has 0 spiro atoms. The van der Waals surface area contributed by atoms with Crippen LogP contribution >= 0.6 is 0 Å². The molecule has 1 aromatic heterocycles. The zero-order valence-electron chi connectivity index (χ0n) is 13.2. The predicted molar refractivity (Wildman–Crippen MR) is 88.5 cm³/mol. The van der Waals surface area contributed by atoms with Crippen molar-refractivity contribution in [1.29, 1.82) is 0 Å². The van der Waals surface area contributed by atoms with E-state index in [1.54, 1.807) is 0 Å². The van der Waals surface area contributed by atoms with Gasteiger partial charge in [0.2, 0.25) is 0 Å². The third-order valence-electron chi connectivity index (χ3n) is 4.09. The van der Waals surface area contributed by atoms with Gasteiger partial charge in [0.1, 0.15) is 0 Å². The van der Waals surface area contributed by atoms with Gasteiger partial charge in [-0.05, 0) is 32.9 Å². The van der Waals surface area contributed by atoms with Crippen LogP contribution in [-0.4, -0.2) is 29.9 Å². The lowest BCUT2D eigenvalue weighted by Gasteiger charge is -2.37. The van der Waals surface area contributed by atoms with Crippen molar-refractivity contribution in [3.63, 3.8) is 0 Å². The number of aryl methyl sites for hydroxylation is 1. The molecule has 1 aliphatic heterocycles. The van der Waals surface area contributed by atoms with Crippen LogP contribution in [0, 0.1) is 6.92 Å². The Morgan fingerprint density at radius 1 is 1.14 bits per heavy atom. The van der Waals surface area contributed by atoms with E-state index >= 15 is 0 Å². The number of likely N-dealkylation sites (N-methyl/N-ethyl adjacent to an activating group) is 1. The number of nitrogens with two attached hydrogens (primary N) is 1. The molecule has 1 aromatic carbocycles. The number of hydrogen-bond donors (Lipinski definition) is 1. The molecule has 5 heteroatoms. The van der Waals surface area contributed by atoms with Gasteiger partial charge in [-0.15, -0.1) is 0 Å². The van der Waals surface area contributed by atoms with Crippen molar-refractivity contribution in [2.45, 2.75) is 26.8 Å². The average Bonchev–Trinajstić information content (AvgIpc) is 2.76. The maximum atomic E-state index is 6.33. The first-order chi connectivity index (χ1) is 10.0. The van der Waals surface area contributed by atoms with E-state index in [4.69, 9.17) is 5.73 Å². The van der Waals surface area contributed by atoms with Crippen molar-refractivity contribution in [3.8, 4) is 0 Å². The van der Waals surface area contributed by atoms with Crippen molar-refractivity contribution in [2.24, 2.45) is 0 Å². The van der Waals surface area contributed by atoms with Crippen LogP contribution in [-0.2, 0) is 0 Å². The number of hydrogen-bond acceptors (Lipinski definition) is 4. The Hall–Kier alpha value is -2.17. The minimum absolute atomic E-state index is 0.280. The third kappa shape index (κ3) is 2.13. The molecule has 5 nitrogen and oxygen atoms in total. The minimum atomic E-state index is 0.280. The van der Waals surface area contributed by atoms with E-state index in [0.29, 0.717) is 0 Å². The molecule has 2 N–H and O–H groups in total. The second-order valence-corrected chi connectivity index (χ2v) is 5.92. The summed E-state index contributed by atoms with van der Waals surface area (Å²) in [7, 11) is 2.13. The fraction of sp³-hybridized carbons (Fsp3) is 0.438. The molecule has 0 bridgehead atoms. The van der Waals surface area contributed by atoms with Crippen LogP contribution in [0.15, 0.2) is 24.3 Å². The topological polar surface area (TPSA) is 50.3 Å². The molecule has 0 atom stereocenters. The largest absolute Gasteiger partial charge is 0.394 e. The van der Waals surface area contributed by atoms with Gasteiger partial charge in [0.05, 0.1) is 22.8 Å². The summed E-state index contributed by atoms with van der Waals surface area (Å²) in [5.41, 5.74) is 10.4. The Morgan fingerprint density at radius 2 is 1.81 bits per heavy atom. The van der Waals surface area contributed by atoms with Gasteiger partial charge >= 0.3 is 0 Å². The van der Waals surface area contributed by atoms with Gasteiger partial charge in [0.15, 0.2) is 5.82 Å². The van der Waals surface area contributed by atoms with Crippen LogP contribution in [0.5, 0.6) is 0 Å². The van der Waals surface area contributed by atoms with Gasteiger partial charge in [-0.25, -0.2) is 4.68 Å². The smallest absolute Gasteiger partial charge is 0.155 e. The Kier molecular flexibility index (Phi) is 3.27. The number of para-hydroxylation sites is 2. The highest BCUT2D eigenvalue weighted by molar-refractivity contribution is 5.82. The summed E-state index contributed by atoms with van der Waals surface area (Å²) in [6.07, 6.45) is 0. The Morgan fingerprint density at radius 3 is 2.48 bits per heavy atom. The highest BCUT2D eigenvalue weighted by atomic mass is 15.4. The van der Waals surface area contributed by atoms with Crippen molar-refractivity contribution in [2.75, 3.05) is 35.7 Å². The standard InChI is InChI=1S/C16H23N5/c1-11(2)21-16(15(17)12(3)18-21)20-10-9-19(4)13-7-5-6-8-14(13)20/h5-8,11H,9-10,17H2,1-4H3. The molecule has 112 valence electrons. The molecule has 2 aromatic rings. The van der Waals surface area contributed by atoms with Crippen LogP contribution in [0.2, 0.25) is 0 Å². The van der Waals surface area contributed by atoms with Crippen LogP contribution in [0.25, 0.3) is 0 Å². The van der Waals surface area contributed by atoms with Gasteiger partial charge in [-0.2, -0.15) is 5.10 Å². The Labute approximate surface area is 126 Å². The molecular weight excluding hydrogens is 262 g/mol. The van der Waals surface area contributed by atoms with E-state index in [0.717, 1.165) is 30.3 Å². The van der Waals surface area contributed by atoms with Crippen LogP contribution < -0.4 is 15.5 Å². The van der Waals surface area contributed by atoms with Crippen molar-refractivity contribution in [3.05, 3.63) is 30.0 Å². The van der Waals surface area contributed by atoms with Gasteiger partial charge in [0.25, 0.3) is 0 Å². The first-order valence-electron chi connectivity index (χ1n) is 7.43. The van der Waals surface area contributed by atoms with Gasteiger partial charge < -0.3 is 15.5 Å². The molecular formula is C16H23N5. The predicted octanol–water partition coefficient (Wildman–Crippen LogP) is 2.94. The summed E-state index contributed by atoms with van der Waals surface area (Å²) in [5.74, 6) is 1.02. The zero-order valence-corrected chi connectivity index (χ0v) is 13.2. The molecule has 1 aliphatic rings. The molecule has 3 rings (SSSR count). The van der Waals surface area contributed by atoms with Gasteiger partial charge in [-0.1, -0.05) is 12.1 Å². The minimum Gasteiger partial charge on any atom is -0.394 e. The van der Waals surface area contributed by atoms with E-state index in [-0.39, 0.29) is 6.04 Å². The first-order valence-corrected chi connectivity index (χ1v) is 7.43.